The Morgan fingerprint density at radius 1 is 1.23 bits per heavy atom. The average Bonchev–Trinajstić information content (AvgIpc) is 2.87. The zero-order valence-electron chi connectivity index (χ0n) is 14.3. The highest BCUT2D eigenvalue weighted by molar-refractivity contribution is 5.71. The fourth-order valence-corrected chi connectivity index (χ4v) is 3.71. The van der Waals surface area contributed by atoms with Crippen LogP contribution in [0.5, 0.6) is 0 Å². The van der Waals surface area contributed by atoms with Gasteiger partial charge in [-0.2, -0.15) is 0 Å². The predicted molar refractivity (Wildman–Crippen MR) is 91.1 cm³/mol. The second-order valence-electron chi connectivity index (χ2n) is 7.06. The van der Waals surface area contributed by atoms with Gasteiger partial charge in [-0.15, -0.1) is 0 Å². The van der Waals surface area contributed by atoms with Crippen LogP contribution in [0, 0.1) is 0 Å². The van der Waals surface area contributed by atoms with Crippen LogP contribution in [0.2, 0.25) is 0 Å². The van der Waals surface area contributed by atoms with Crippen LogP contribution < -0.4 is 0 Å². The van der Waals surface area contributed by atoms with Gasteiger partial charge in [-0.3, -0.25) is 4.90 Å². The number of piperidine rings is 1. The van der Waals surface area contributed by atoms with Crippen molar-refractivity contribution in [3.8, 4) is 0 Å². The van der Waals surface area contributed by atoms with E-state index in [1.165, 1.54) is 31.6 Å². The normalized spacial score (nSPS) is 20.4. The fraction of sp³-hybridized carbons (Fsp3) is 0.667. The highest BCUT2D eigenvalue weighted by Crippen LogP contribution is 2.25. The van der Waals surface area contributed by atoms with E-state index in [9.17, 15) is 0 Å². The molecule has 0 aromatic carbocycles. The first kappa shape index (κ1) is 15.5. The van der Waals surface area contributed by atoms with Gasteiger partial charge in [-0.05, 0) is 45.4 Å². The van der Waals surface area contributed by atoms with E-state index in [4.69, 9.17) is 4.98 Å². The third-order valence-corrected chi connectivity index (χ3v) is 4.78. The quantitative estimate of drug-likeness (QED) is 0.861. The zero-order valence-corrected chi connectivity index (χ0v) is 14.3. The molecule has 1 aliphatic heterocycles. The number of aromatic nitrogens is 3. The first-order chi connectivity index (χ1) is 10.6. The standard InChI is InChI=1S/C18H28N4/c1-13(2)17-20-16-9-7-10-19-18(16)22(17)12-15-8-5-6-11-21(15)14(3)4/h7,9-10,13-15H,5-6,8,11-12H2,1-4H3. The first-order valence-corrected chi connectivity index (χ1v) is 8.65. The molecule has 2 aromatic rings. The molecule has 0 aliphatic carbocycles. The van der Waals surface area contributed by atoms with Crippen LogP contribution >= 0.6 is 0 Å². The van der Waals surface area contributed by atoms with Gasteiger partial charge in [-0.25, -0.2) is 9.97 Å². The minimum atomic E-state index is 0.422. The van der Waals surface area contributed by atoms with Crippen LogP contribution in [-0.2, 0) is 6.54 Å². The van der Waals surface area contributed by atoms with Crippen LogP contribution in [0.25, 0.3) is 11.2 Å². The van der Waals surface area contributed by atoms with E-state index in [0.29, 0.717) is 18.0 Å². The maximum atomic E-state index is 4.83. The first-order valence-electron chi connectivity index (χ1n) is 8.65. The van der Waals surface area contributed by atoms with Crippen molar-refractivity contribution in [2.45, 2.75) is 71.5 Å². The minimum Gasteiger partial charge on any atom is -0.311 e. The minimum absolute atomic E-state index is 0.422. The number of rotatable bonds is 4. The number of imidazole rings is 1. The van der Waals surface area contributed by atoms with Crippen molar-refractivity contribution in [2.24, 2.45) is 0 Å². The molecule has 22 heavy (non-hydrogen) atoms. The second kappa shape index (κ2) is 6.37. The molecule has 0 saturated carbocycles. The van der Waals surface area contributed by atoms with E-state index in [-0.39, 0.29) is 0 Å². The van der Waals surface area contributed by atoms with E-state index in [2.05, 4.69) is 48.2 Å². The lowest BCUT2D eigenvalue weighted by atomic mass is 10.00. The third-order valence-electron chi connectivity index (χ3n) is 4.78. The molecule has 4 nitrogen and oxygen atoms in total. The van der Waals surface area contributed by atoms with Crippen LogP contribution in [0.3, 0.4) is 0 Å². The molecule has 0 radical (unpaired) electrons. The van der Waals surface area contributed by atoms with Crippen molar-refractivity contribution < 1.29 is 0 Å². The van der Waals surface area contributed by atoms with Crippen LogP contribution in [0.1, 0.15) is 58.7 Å². The van der Waals surface area contributed by atoms with Crippen molar-refractivity contribution >= 4 is 11.2 Å². The molecule has 0 spiro atoms. The van der Waals surface area contributed by atoms with E-state index in [0.717, 1.165) is 17.7 Å². The summed E-state index contributed by atoms with van der Waals surface area (Å²) in [5.41, 5.74) is 2.07. The SMILES string of the molecule is CC(C)c1nc2cccnc2n1CC1CCCCN1C(C)C. The number of likely N-dealkylation sites (tertiary alicyclic amines) is 1. The molecule has 0 amide bonds. The summed E-state index contributed by atoms with van der Waals surface area (Å²) in [6, 6.07) is 5.26. The molecular weight excluding hydrogens is 272 g/mol. The lowest BCUT2D eigenvalue weighted by Crippen LogP contribution is -2.46. The van der Waals surface area contributed by atoms with Gasteiger partial charge in [0.15, 0.2) is 5.65 Å². The fourth-order valence-electron chi connectivity index (χ4n) is 3.71. The van der Waals surface area contributed by atoms with Gasteiger partial charge in [-0.1, -0.05) is 20.3 Å². The number of nitrogens with zero attached hydrogens (tertiary/aromatic N) is 4. The molecule has 2 aromatic heterocycles. The van der Waals surface area contributed by atoms with E-state index < -0.39 is 0 Å². The average molecular weight is 300 g/mol. The van der Waals surface area contributed by atoms with Gasteiger partial charge >= 0.3 is 0 Å². The zero-order chi connectivity index (χ0) is 15.7. The number of pyridine rings is 1. The summed E-state index contributed by atoms with van der Waals surface area (Å²) in [5.74, 6) is 1.59. The summed E-state index contributed by atoms with van der Waals surface area (Å²) in [7, 11) is 0. The van der Waals surface area contributed by atoms with Gasteiger partial charge in [0.1, 0.15) is 11.3 Å². The van der Waals surface area contributed by atoms with E-state index >= 15 is 0 Å². The molecule has 1 fully saturated rings. The van der Waals surface area contributed by atoms with Crippen molar-refractivity contribution in [2.75, 3.05) is 6.54 Å². The summed E-state index contributed by atoms with van der Waals surface area (Å²) in [6.07, 6.45) is 5.83. The summed E-state index contributed by atoms with van der Waals surface area (Å²) >= 11 is 0. The molecule has 0 N–H and O–H groups in total. The molecule has 120 valence electrons. The van der Waals surface area contributed by atoms with Gasteiger partial charge in [0.2, 0.25) is 0 Å². The maximum Gasteiger partial charge on any atom is 0.160 e. The van der Waals surface area contributed by atoms with Gasteiger partial charge < -0.3 is 4.57 Å². The monoisotopic (exact) mass is 300 g/mol. The molecule has 1 saturated heterocycles. The molecule has 3 rings (SSSR count). The highest BCUT2D eigenvalue weighted by atomic mass is 15.2. The molecular formula is C18H28N4. The Balaban J connectivity index is 1.96. The van der Waals surface area contributed by atoms with Crippen LogP contribution in [0.4, 0.5) is 0 Å². The van der Waals surface area contributed by atoms with Crippen molar-refractivity contribution in [1.29, 1.82) is 0 Å². The number of hydrogen-bond acceptors (Lipinski definition) is 3. The molecule has 1 aliphatic rings. The summed E-state index contributed by atoms with van der Waals surface area (Å²) in [6.45, 7) is 11.3. The smallest absolute Gasteiger partial charge is 0.160 e. The topological polar surface area (TPSA) is 34.0 Å². The van der Waals surface area contributed by atoms with Crippen molar-refractivity contribution in [3.63, 3.8) is 0 Å². The number of hydrogen-bond donors (Lipinski definition) is 0. The largest absolute Gasteiger partial charge is 0.311 e. The Labute approximate surface area is 133 Å². The molecule has 1 atom stereocenters. The molecule has 4 heteroatoms. The Morgan fingerprint density at radius 2 is 2.05 bits per heavy atom. The Bertz CT molecular complexity index is 629. The van der Waals surface area contributed by atoms with Crippen molar-refractivity contribution in [1.82, 2.24) is 19.4 Å². The summed E-state index contributed by atoms with van der Waals surface area (Å²) in [5, 5.41) is 0. The van der Waals surface area contributed by atoms with Crippen molar-refractivity contribution in [3.05, 3.63) is 24.2 Å². The Kier molecular flexibility index (Phi) is 4.48. The third kappa shape index (κ3) is 2.89. The van der Waals surface area contributed by atoms with Crippen LogP contribution in [-0.4, -0.2) is 38.1 Å². The summed E-state index contributed by atoms with van der Waals surface area (Å²) in [4.78, 5) is 12.1. The second-order valence-corrected chi connectivity index (χ2v) is 7.06. The van der Waals surface area contributed by atoms with E-state index in [1.807, 2.05) is 12.3 Å². The number of fused-ring (bicyclic) bond motifs is 1. The Morgan fingerprint density at radius 3 is 2.77 bits per heavy atom. The molecule has 1 unspecified atom stereocenters. The van der Waals surface area contributed by atoms with Gasteiger partial charge in [0, 0.05) is 30.7 Å². The van der Waals surface area contributed by atoms with E-state index in [1.54, 1.807) is 0 Å². The Hall–Kier alpha value is -1.42. The van der Waals surface area contributed by atoms with Gasteiger partial charge in [0.05, 0.1) is 0 Å². The predicted octanol–water partition coefficient (Wildman–Crippen LogP) is 3.82. The molecule has 0 bridgehead atoms. The summed E-state index contributed by atoms with van der Waals surface area (Å²) < 4.78 is 2.37. The highest BCUT2D eigenvalue weighted by Gasteiger charge is 2.26. The van der Waals surface area contributed by atoms with Crippen LogP contribution in [0.15, 0.2) is 18.3 Å². The lowest BCUT2D eigenvalue weighted by Gasteiger charge is -2.39. The van der Waals surface area contributed by atoms with Gasteiger partial charge in [0.25, 0.3) is 0 Å². The molecule has 3 heterocycles. The maximum absolute atomic E-state index is 4.83. The lowest BCUT2D eigenvalue weighted by molar-refractivity contribution is 0.0991.